The van der Waals surface area contributed by atoms with Crippen molar-refractivity contribution in [3.8, 4) is 0 Å². The van der Waals surface area contributed by atoms with Gasteiger partial charge in [-0.1, -0.05) is 12.8 Å². The molecule has 0 unspecified atom stereocenters. The van der Waals surface area contributed by atoms with Crippen molar-refractivity contribution in [2.24, 2.45) is 11.8 Å². The zero-order chi connectivity index (χ0) is 6.69. The molecule has 0 radical (unpaired) electrons. The van der Waals surface area contributed by atoms with E-state index in [0.29, 0.717) is 0 Å². The van der Waals surface area contributed by atoms with Gasteiger partial charge in [0.1, 0.15) is 0 Å². The Balaban J connectivity index is -0.000000101. The quantitative estimate of drug-likeness (QED) is 0.228. The summed E-state index contributed by atoms with van der Waals surface area (Å²) in [5.74, 6) is 5.16. The molecule has 84 valence electrons. The van der Waals surface area contributed by atoms with Crippen LogP contribution >= 0.6 is 0 Å². The number of amides is 1. The Labute approximate surface area is 105 Å². The number of carbonyl (C=O) groups is 1. The molecular weight excluding hydrogens is 396 g/mol. The summed E-state index contributed by atoms with van der Waals surface area (Å²) in [4.78, 5) is 10.8. The fourth-order valence-electron chi connectivity index (χ4n) is 1.31. The third-order valence-corrected chi connectivity index (χ3v) is 1.87. The molecule has 0 spiro atoms. The Kier molecular flexibility index (Phi) is 22.8. The van der Waals surface area contributed by atoms with Crippen LogP contribution in [-0.4, -0.2) is 5.91 Å². The van der Waals surface area contributed by atoms with Crippen molar-refractivity contribution in [3.63, 3.8) is 0 Å². The van der Waals surface area contributed by atoms with Crippen molar-refractivity contribution in [1.82, 2.24) is 11.6 Å². The van der Waals surface area contributed by atoms with Gasteiger partial charge < -0.3 is 31.0 Å². The Morgan fingerprint density at radius 2 is 1.62 bits per heavy atom. The number of nitrogens with two attached hydrogens (primary N) is 1. The number of hydrogen-bond acceptors (Lipinski definition) is 3. The minimum atomic E-state index is 0. The Morgan fingerprint density at radius 3 is 1.92 bits per heavy atom. The minimum Gasteiger partial charge on any atom is -1.00 e. The summed E-state index contributed by atoms with van der Waals surface area (Å²) in [7, 11) is 0. The van der Waals surface area contributed by atoms with E-state index in [1.165, 1.54) is 12.8 Å². The monoisotopic (exact) mass is 410 g/mol. The molecule has 0 aromatic carbocycles. The van der Waals surface area contributed by atoms with Crippen molar-refractivity contribution in [3.05, 3.63) is 0 Å². The summed E-state index contributed by atoms with van der Waals surface area (Å²) in [5, 5.41) is 0. The van der Waals surface area contributed by atoms with E-state index in [4.69, 9.17) is 5.84 Å². The number of carbonyl (C=O) groups excluding carboxylic acids is 1. The maximum absolute atomic E-state index is 10.8. The molecule has 0 heterocycles. The van der Waals surface area contributed by atoms with Crippen LogP contribution in [0.4, 0.5) is 0 Å². The second-order valence-corrected chi connectivity index (χ2v) is 2.49. The van der Waals surface area contributed by atoms with Crippen molar-refractivity contribution < 1.29 is 50.7 Å². The van der Waals surface area contributed by atoms with Gasteiger partial charge in [-0.3, -0.25) is 10.2 Å². The van der Waals surface area contributed by atoms with E-state index in [1.54, 1.807) is 0 Å². The number of halogens is 2. The first-order chi connectivity index (χ1) is 4.34. The summed E-state index contributed by atoms with van der Waals surface area (Å²) in [6.07, 6.45) is 4.39. The molecule has 0 atom stereocenters. The smallest absolute Gasteiger partial charge is 1.00 e. The maximum Gasteiger partial charge on any atom is 2.00 e. The molecule has 4 nitrogen and oxygen atoms in total. The van der Waals surface area contributed by atoms with E-state index in [1.807, 2.05) is 0 Å². The normalized spacial score (nSPS) is 13.9. The van der Waals surface area contributed by atoms with E-state index in [2.05, 4.69) is 5.43 Å². The Morgan fingerprint density at radius 1 is 1.23 bits per heavy atom. The molecule has 1 amide bonds. The number of hydrazine groups is 1. The molecule has 6 N–H and O–H groups in total. The standard InChI is InChI=1S/C6H12N2O.2ClH.H3N.Pt/c7-8-6(9)5-3-1-2-4-5;;;;/h5H,1-4,7H2,(H,8,9);2*1H;1H3;/q;;;;+2/p-2. The molecule has 1 aliphatic rings. The molecule has 0 aromatic heterocycles. The van der Waals surface area contributed by atoms with Crippen LogP contribution < -0.4 is 42.2 Å². The van der Waals surface area contributed by atoms with Crippen molar-refractivity contribution in [1.29, 1.82) is 0 Å². The first-order valence-corrected chi connectivity index (χ1v) is 3.35. The minimum absolute atomic E-state index is 0. The fraction of sp³-hybridized carbons (Fsp3) is 0.833. The average Bonchev–Trinajstić information content (AvgIpc) is 2.37. The van der Waals surface area contributed by atoms with Crippen LogP contribution in [0.15, 0.2) is 0 Å². The number of rotatable bonds is 1. The van der Waals surface area contributed by atoms with Crippen molar-refractivity contribution in [2.75, 3.05) is 0 Å². The fourth-order valence-corrected chi connectivity index (χ4v) is 1.31. The third kappa shape index (κ3) is 7.71. The molecule has 0 aromatic rings. The van der Waals surface area contributed by atoms with Gasteiger partial charge >= 0.3 is 21.1 Å². The molecule has 1 fully saturated rings. The topological polar surface area (TPSA) is 90.1 Å². The van der Waals surface area contributed by atoms with Crippen LogP contribution in [0.3, 0.4) is 0 Å². The van der Waals surface area contributed by atoms with Crippen molar-refractivity contribution in [2.45, 2.75) is 25.7 Å². The van der Waals surface area contributed by atoms with E-state index >= 15 is 0 Å². The first-order valence-electron chi connectivity index (χ1n) is 3.35. The van der Waals surface area contributed by atoms with E-state index < -0.39 is 0 Å². The summed E-state index contributed by atoms with van der Waals surface area (Å²) >= 11 is 0. The summed E-state index contributed by atoms with van der Waals surface area (Å²) < 4.78 is 0. The zero-order valence-corrected chi connectivity index (χ0v) is 11.0. The largest absolute Gasteiger partial charge is 2.00 e. The average molecular weight is 411 g/mol. The number of hydrogen-bond donors (Lipinski definition) is 3. The summed E-state index contributed by atoms with van der Waals surface area (Å²) in [6.45, 7) is 0. The van der Waals surface area contributed by atoms with Gasteiger partial charge in [0.15, 0.2) is 0 Å². The van der Waals surface area contributed by atoms with Crippen LogP contribution in [0.25, 0.3) is 0 Å². The van der Waals surface area contributed by atoms with Crippen LogP contribution in [-0.2, 0) is 25.9 Å². The van der Waals surface area contributed by atoms with Gasteiger partial charge in [0.2, 0.25) is 5.91 Å². The molecule has 1 saturated carbocycles. The Hall–Kier alpha value is 0.658. The van der Waals surface area contributed by atoms with Gasteiger partial charge in [0.05, 0.1) is 0 Å². The second-order valence-electron chi connectivity index (χ2n) is 2.49. The zero-order valence-electron chi connectivity index (χ0n) is 7.17. The molecular formula is C6H15Cl2N3OPt. The van der Waals surface area contributed by atoms with Crippen molar-refractivity contribution >= 4 is 5.91 Å². The first kappa shape index (κ1) is 23.5. The van der Waals surface area contributed by atoms with Crippen LogP contribution in [0, 0.1) is 5.92 Å². The van der Waals surface area contributed by atoms with Gasteiger partial charge in [-0.2, -0.15) is 0 Å². The van der Waals surface area contributed by atoms with Gasteiger partial charge in [-0.15, -0.1) is 0 Å². The van der Waals surface area contributed by atoms with E-state index in [0.717, 1.165) is 12.8 Å². The molecule has 7 heteroatoms. The molecule has 1 rings (SSSR count). The molecule has 0 saturated heterocycles. The van der Waals surface area contributed by atoms with E-state index in [-0.39, 0.29) is 63.9 Å². The van der Waals surface area contributed by atoms with Gasteiger partial charge in [-0.25, -0.2) is 5.84 Å². The van der Waals surface area contributed by atoms with Crippen LogP contribution in [0.2, 0.25) is 0 Å². The summed E-state index contributed by atoms with van der Waals surface area (Å²) in [6, 6.07) is 0. The van der Waals surface area contributed by atoms with Crippen LogP contribution in [0.1, 0.15) is 25.7 Å². The van der Waals surface area contributed by atoms with Crippen LogP contribution in [0.5, 0.6) is 0 Å². The SMILES string of the molecule is N.NNC(=O)C1CCCC1.[Cl-].[Cl-].[Pt+2]. The number of nitrogens with one attached hydrogen (secondary N) is 1. The molecule has 0 bridgehead atoms. The predicted molar refractivity (Wildman–Crippen MR) is 39.3 cm³/mol. The maximum atomic E-state index is 10.8. The molecule has 1 aliphatic carbocycles. The second kappa shape index (κ2) is 12.7. The molecule has 0 aliphatic heterocycles. The third-order valence-electron chi connectivity index (χ3n) is 1.87. The van der Waals surface area contributed by atoms with Gasteiger partial charge in [-0.05, 0) is 12.8 Å². The molecule has 13 heavy (non-hydrogen) atoms. The Bertz CT molecular complexity index is 122. The van der Waals surface area contributed by atoms with Gasteiger partial charge in [0, 0.05) is 5.92 Å². The van der Waals surface area contributed by atoms with E-state index in [9.17, 15) is 4.79 Å². The predicted octanol–water partition coefficient (Wildman–Crippen LogP) is -5.67. The summed E-state index contributed by atoms with van der Waals surface area (Å²) in [5.41, 5.74) is 2.17. The van der Waals surface area contributed by atoms with Gasteiger partial charge in [0.25, 0.3) is 0 Å².